The maximum absolute atomic E-state index is 8.77. The lowest BCUT2D eigenvalue weighted by atomic mass is 9.85. The lowest BCUT2D eigenvalue weighted by Crippen LogP contribution is -2.20. The van der Waals surface area contributed by atoms with Crippen molar-refractivity contribution in [1.29, 1.82) is 5.26 Å². The summed E-state index contributed by atoms with van der Waals surface area (Å²) in [5.41, 5.74) is 1.77. The highest BCUT2D eigenvalue weighted by Crippen LogP contribution is 2.27. The molecule has 1 fully saturated rings. The zero-order valence-corrected chi connectivity index (χ0v) is 10.0. The van der Waals surface area contributed by atoms with E-state index in [2.05, 4.69) is 27.3 Å². The first-order chi connectivity index (χ1) is 7.29. The van der Waals surface area contributed by atoms with Crippen molar-refractivity contribution in [1.82, 2.24) is 0 Å². The second-order valence-corrected chi connectivity index (χ2v) is 4.84. The van der Waals surface area contributed by atoms with Crippen molar-refractivity contribution in [3.05, 3.63) is 28.2 Å². The summed E-state index contributed by atoms with van der Waals surface area (Å²) in [5, 5.41) is 12.2. The van der Waals surface area contributed by atoms with Crippen LogP contribution in [0.1, 0.15) is 24.8 Å². The Bertz CT molecular complexity index is 391. The molecule has 0 amide bonds. The molecule has 0 aromatic heterocycles. The molecule has 3 heteroatoms. The number of hydrogen-bond donors (Lipinski definition) is 1. The molecule has 0 saturated heterocycles. The van der Waals surface area contributed by atoms with Gasteiger partial charge in [0.2, 0.25) is 0 Å². The number of anilines is 1. The second kappa shape index (κ2) is 4.67. The van der Waals surface area contributed by atoms with Crippen LogP contribution in [-0.2, 0) is 0 Å². The van der Waals surface area contributed by atoms with Gasteiger partial charge in [-0.3, -0.25) is 0 Å². The minimum absolute atomic E-state index is 0.684. The molecule has 0 heterocycles. The Balaban J connectivity index is 1.97. The summed E-state index contributed by atoms with van der Waals surface area (Å²) >= 11 is 3.38. The molecule has 15 heavy (non-hydrogen) atoms. The van der Waals surface area contributed by atoms with E-state index in [-0.39, 0.29) is 0 Å². The van der Waals surface area contributed by atoms with E-state index >= 15 is 0 Å². The van der Waals surface area contributed by atoms with Gasteiger partial charge < -0.3 is 5.32 Å². The largest absolute Gasteiger partial charge is 0.385 e. The zero-order chi connectivity index (χ0) is 10.7. The molecule has 0 aliphatic heterocycles. The normalized spacial score (nSPS) is 15.5. The van der Waals surface area contributed by atoms with Crippen LogP contribution in [0.3, 0.4) is 0 Å². The number of rotatable bonds is 3. The van der Waals surface area contributed by atoms with Gasteiger partial charge >= 0.3 is 0 Å². The van der Waals surface area contributed by atoms with Crippen LogP contribution in [-0.4, -0.2) is 6.54 Å². The Hall–Kier alpha value is -1.01. The molecular formula is C12H13BrN2. The van der Waals surface area contributed by atoms with E-state index in [1.165, 1.54) is 19.3 Å². The van der Waals surface area contributed by atoms with Crippen LogP contribution in [0, 0.1) is 17.2 Å². The van der Waals surface area contributed by atoms with E-state index < -0.39 is 0 Å². The van der Waals surface area contributed by atoms with E-state index in [1.54, 1.807) is 0 Å². The van der Waals surface area contributed by atoms with Gasteiger partial charge in [-0.05, 0) is 52.9 Å². The second-order valence-electron chi connectivity index (χ2n) is 3.98. The van der Waals surface area contributed by atoms with Gasteiger partial charge in [-0.25, -0.2) is 0 Å². The summed E-state index contributed by atoms with van der Waals surface area (Å²) in [4.78, 5) is 0. The minimum atomic E-state index is 0.684. The molecule has 78 valence electrons. The molecule has 0 spiro atoms. The van der Waals surface area contributed by atoms with Crippen molar-refractivity contribution in [2.45, 2.75) is 19.3 Å². The van der Waals surface area contributed by atoms with E-state index in [4.69, 9.17) is 5.26 Å². The van der Waals surface area contributed by atoms with Gasteiger partial charge in [0.1, 0.15) is 6.07 Å². The van der Waals surface area contributed by atoms with Crippen molar-refractivity contribution in [3.63, 3.8) is 0 Å². The molecule has 0 radical (unpaired) electrons. The van der Waals surface area contributed by atoms with Crippen LogP contribution in [0.2, 0.25) is 0 Å². The topological polar surface area (TPSA) is 35.8 Å². The SMILES string of the molecule is N#Cc1ccc(NCC2CCC2)cc1Br. The van der Waals surface area contributed by atoms with E-state index in [1.807, 2.05) is 18.2 Å². The molecule has 1 aliphatic carbocycles. The summed E-state index contributed by atoms with van der Waals surface area (Å²) in [7, 11) is 0. The molecular weight excluding hydrogens is 252 g/mol. The summed E-state index contributed by atoms with van der Waals surface area (Å²) in [6.45, 7) is 1.05. The first-order valence-electron chi connectivity index (χ1n) is 5.23. The van der Waals surface area contributed by atoms with Crippen LogP contribution in [0.15, 0.2) is 22.7 Å². The van der Waals surface area contributed by atoms with Crippen molar-refractivity contribution < 1.29 is 0 Å². The third kappa shape index (κ3) is 2.51. The maximum Gasteiger partial charge on any atom is 0.100 e. The van der Waals surface area contributed by atoms with Gasteiger partial charge in [-0.1, -0.05) is 6.42 Å². The van der Waals surface area contributed by atoms with Gasteiger partial charge in [-0.2, -0.15) is 5.26 Å². The first kappa shape index (κ1) is 10.5. The van der Waals surface area contributed by atoms with E-state index in [0.29, 0.717) is 5.56 Å². The van der Waals surface area contributed by atoms with E-state index in [0.717, 1.165) is 22.6 Å². The third-order valence-corrected chi connectivity index (χ3v) is 3.57. The number of nitrogens with zero attached hydrogens (tertiary/aromatic N) is 1. The van der Waals surface area contributed by atoms with Crippen molar-refractivity contribution in [3.8, 4) is 6.07 Å². The average Bonchev–Trinajstić information content (AvgIpc) is 2.16. The first-order valence-corrected chi connectivity index (χ1v) is 6.02. The van der Waals surface area contributed by atoms with Gasteiger partial charge in [0.15, 0.2) is 0 Å². The smallest absolute Gasteiger partial charge is 0.100 e. The number of halogens is 1. The number of benzene rings is 1. The highest BCUT2D eigenvalue weighted by atomic mass is 79.9. The summed E-state index contributed by atoms with van der Waals surface area (Å²) in [5.74, 6) is 0.847. The summed E-state index contributed by atoms with van der Waals surface area (Å²) < 4.78 is 0.864. The molecule has 0 bridgehead atoms. The van der Waals surface area contributed by atoms with Crippen molar-refractivity contribution >= 4 is 21.6 Å². The van der Waals surface area contributed by atoms with Gasteiger partial charge in [-0.15, -0.1) is 0 Å². The Morgan fingerprint density at radius 2 is 2.27 bits per heavy atom. The lowest BCUT2D eigenvalue weighted by Gasteiger charge is -2.25. The monoisotopic (exact) mass is 264 g/mol. The Labute approximate surface area is 98.4 Å². The van der Waals surface area contributed by atoms with Crippen molar-refractivity contribution in [2.24, 2.45) is 5.92 Å². The Morgan fingerprint density at radius 3 is 2.80 bits per heavy atom. The highest BCUT2D eigenvalue weighted by Gasteiger charge is 2.16. The zero-order valence-electron chi connectivity index (χ0n) is 8.46. The molecule has 0 unspecified atom stereocenters. The maximum atomic E-state index is 8.77. The number of nitriles is 1. The molecule has 1 aliphatic rings. The minimum Gasteiger partial charge on any atom is -0.385 e. The van der Waals surface area contributed by atoms with Crippen LogP contribution >= 0.6 is 15.9 Å². The van der Waals surface area contributed by atoms with Crippen LogP contribution in [0.25, 0.3) is 0 Å². The molecule has 1 N–H and O–H groups in total. The molecule has 1 aromatic carbocycles. The molecule has 2 rings (SSSR count). The number of hydrogen-bond acceptors (Lipinski definition) is 2. The summed E-state index contributed by atoms with van der Waals surface area (Å²) in [6, 6.07) is 7.91. The van der Waals surface area contributed by atoms with E-state index in [9.17, 15) is 0 Å². The lowest BCUT2D eigenvalue weighted by molar-refractivity contribution is 0.333. The predicted octanol–water partition coefficient (Wildman–Crippen LogP) is 3.53. The molecule has 1 aromatic rings. The fourth-order valence-corrected chi connectivity index (χ4v) is 2.14. The molecule has 2 nitrogen and oxygen atoms in total. The number of nitrogens with one attached hydrogen (secondary N) is 1. The quantitative estimate of drug-likeness (QED) is 0.907. The van der Waals surface area contributed by atoms with Crippen molar-refractivity contribution in [2.75, 3.05) is 11.9 Å². The summed E-state index contributed by atoms with van der Waals surface area (Å²) in [6.07, 6.45) is 4.08. The van der Waals surface area contributed by atoms with Gasteiger partial charge in [0.25, 0.3) is 0 Å². The van der Waals surface area contributed by atoms with Crippen LogP contribution in [0.4, 0.5) is 5.69 Å². The predicted molar refractivity (Wildman–Crippen MR) is 64.7 cm³/mol. The molecule has 1 saturated carbocycles. The molecule has 0 atom stereocenters. The third-order valence-electron chi connectivity index (χ3n) is 2.91. The van der Waals surface area contributed by atoms with Crippen LogP contribution in [0.5, 0.6) is 0 Å². The fourth-order valence-electron chi connectivity index (χ4n) is 1.67. The van der Waals surface area contributed by atoms with Gasteiger partial charge in [0.05, 0.1) is 5.56 Å². The highest BCUT2D eigenvalue weighted by molar-refractivity contribution is 9.10. The van der Waals surface area contributed by atoms with Gasteiger partial charge in [0, 0.05) is 16.7 Å². The standard InChI is InChI=1S/C12H13BrN2/c13-12-6-11(5-4-10(12)7-14)15-8-9-2-1-3-9/h4-6,9,15H,1-3,8H2. The van der Waals surface area contributed by atoms with Crippen LogP contribution < -0.4 is 5.32 Å². The Morgan fingerprint density at radius 1 is 1.47 bits per heavy atom. The Kier molecular flexibility index (Phi) is 3.27. The average molecular weight is 265 g/mol. The fraction of sp³-hybridized carbons (Fsp3) is 0.417.